The normalized spacial score (nSPS) is 10.0. The van der Waals surface area contributed by atoms with Gasteiger partial charge in [-0.2, -0.15) is 0 Å². The van der Waals surface area contributed by atoms with Gasteiger partial charge >= 0.3 is 0 Å². The number of benzene rings is 2. The highest BCUT2D eigenvalue weighted by molar-refractivity contribution is 5.85. The summed E-state index contributed by atoms with van der Waals surface area (Å²) >= 11 is 0. The summed E-state index contributed by atoms with van der Waals surface area (Å²) in [5, 5.41) is 3.36. The van der Waals surface area contributed by atoms with Crippen molar-refractivity contribution in [2.24, 2.45) is 0 Å². The first kappa shape index (κ1) is 17.0. The van der Waals surface area contributed by atoms with Gasteiger partial charge in [0.05, 0.1) is 5.69 Å². The third-order valence-corrected chi connectivity index (χ3v) is 3.48. The first-order chi connectivity index (χ1) is 10.6. The monoisotopic (exact) mass is 325 g/mol. The molecule has 1 aromatic heterocycles. The molecule has 0 amide bonds. The summed E-state index contributed by atoms with van der Waals surface area (Å²) in [6, 6.07) is 18.6. The van der Waals surface area contributed by atoms with Gasteiger partial charge in [-0.05, 0) is 38.5 Å². The second-order valence-electron chi connectivity index (χ2n) is 5.55. The van der Waals surface area contributed by atoms with Crippen molar-refractivity contribution in [1.82, 2.24) is 9.97 Å². The summed E-state index contributed by atoms with van der Waals surface area (Å²) in [5.74, 6) is 1.57. The zero-order valence-electron chi connectivity index (χ0n) is 13.5. The summed E-state index contributed by atoms with van der Waals surface area (Å²) in [7, 11) is 0. The molecular formula is C19H20ClN3. The van der Waals surface area contributed by atoms with E-state index in [-0.39, 0.29) is 12.4 Å². The van der Waals surface area contributed by atoms with Crippen molar-refractivity contribution in [3.8, 4) is 11.3 Å². The van der Waals surface area contributed by atoms with Crippen LogP contribution in [-0.2, 0) is 0 Å². The van der Waals surface area contributed by atoms with Crippen molar-refractivity contribution in [3.63, 3.8) is 0 Å². The second-order valence-corrected chi connectivity index (χ2v) is 5.55. The van der Waals surface area contributed by atoms with Gasteiger partial charge in [0.1, 0.15) is 11.6 Å². The molecule has 0 radical (unpaired) electrons. The quantitative estimate of drug-likeness (QED) is 0.716. The smallest absolute Gasteiger partial charge is 0.134 e. The minimum atomic E-state index is 0. The largest absolute Gasteiger partial charge is 0.340 e. The third kappa shape index (κ3) is 4.30. The fourth-order valence-corrected chi connectivity index (χ4v) is 2.37. The first-order valence-electron chi connectivity index (χ1n) is 7.36. The molecule has 0 fully saturated rings. The SMILES string of the molecule is Cc1ccc(-c2cc(Nc3cccc(C)c3)nc(C)n2)cc1.Cl. The van der Waals surface area contributed by atoms with E-state index in [9.17, 15) is 0 Å². The zero-order valence-corrected chi connectivity index (χ0v) is 14.3. The number of nitrogens with zero attached hydrogens (tertiary/aromatic N) is 2. The molecule has 2 aromatic carbocycles. The van der Waals surface area contributed by atoms with E-state index in [1.807, 2.05) is 25.1 Å². The Bertz CT molecular complexity index is 798. The Labute approximate surface area is 143 Å². The van der Waals surface area contributed by atoms with Crippen LogP contribution >= 0.6 is 12.4 Å². The predicted octanol–water partition coefficient (Wildman–Crippen LogP) is 5.23. The van der Waals surface area contributed by atoms with Crippen LogP contribution in [0.2, 0.25) is 0 Å². The maximum Gasteiger partial charge on any atom is 0.134 e. The molecule has 0 saturated heterocycles. The molecule has 0 bridgehead atoms. The highest BCUT2D eigenvalue weighted by Crippen LogP contribution is 2.22. The van der Waals surface area contributed by atoms with Crippen molar-refractivity contribution < 1.29 is 0 Å². The van der Waals surface area contributed by atoms with E-state index in [2.05, 4.69) is 65.5 Å². The summed E-state index contributed by atoms with van der Waals surface area (Å²) in [4.78, 5) is 9.02. The number of aryl methyl sites for hydroxylation is 3. The number of aromatic nitrogens is 2. The lowest BCUT2D eigenvalue weighted by Gasteiger charge is -2.09. The molecule has 1 N–H and O–H groups in total. The van der Waals surface area contributed by atoms with Gasteiger partial charge in [0.25, 0.3) is 0 Å². The minimum Gasteiger partial charge on any atom is -0.340 e. The van der Waals surface area contributed by atoms with Gasteiger partial charge in [-0.3, -0.25) is 0 Å². The van der Waals surface area contributed by atoms with Gasteiger partial charge in [-0.25, -0.2) is 9.97 Å². The molecule has 0 unspecified atom stereocenters. The third-order valence-electron chi connectivity index (χ3n) is 3.48. The van der Waals surface area contributed by atoms with Gasteiger partial charge in [0.15, 0.2) is 0 Å². The maximum absolute atomic E-state index is 4.54. The molecule has 1 heterocycles. The lowest BCUT2D eigenvalue weighted by atomic mass is 10.1. The molecule has 0 aliphatic heterocycles. The van der Waals surface area contributed by atoms with E-state index in [0.29, 0.717) is 0 Å². The van der Waals surface area contributed by atoms with E-state index in [4.69, 9.17) is 0 Å². The highest BCUT2D eigenvalue weighted by Gasteiger charge is 2.05. The average Bonchev–Trinajstić information content (AvgIpc) is 2.47. The van der Waals surface area contributed by atoms with Crippen molar-refractivity contribution in [1.29, 1.82) is 0 Å². The number of anilines is 2. The molecule has 3 rings (SSSR count). The predicted molar refractivity (Wildman–Crippen MR) is 98.7 cm³/mol. The molecule has 23 heavy (non-hydrogen) atoms. The van der Waals surface area contributed by atoms with E-state index >= 15 is 0 Å². The fraction of sp³-hybridized carbons (Fsp3) is 0.158. The Balaban J connectivity index is 0.00000192. The molecule has 118 valence electrons. The van der Waals surface area contributed by atoms with Gasteiger partial charge in [0.2, 0.25) is 0 Å². The Morgan fingerprint density at radius 1 is 0.783 bits per heavy atom. The number of halogens is 1. The van der Waals surface area contributed by atoms with Crippen molar-refractivity contribution >= 4 is 23.9 Å². The first-order valence-corrected chi connectivity index (χ1v) is 7.36. The van der Waals surface area contributed by atoms with Crippen molar-refractivity contribution in [2.45, 2.75) is 20.8 Å². The molecule has 3 nitrogen and oxygen atoms in total. The zero-order chi connectivity index (χ0) is 15.5. The molecule has 4 heteroatoms. The summed E-state index contributed by atoms with van der Waals surface area (Å²) in [6.45, 7) is 6.08. The van der Waals surface area contributed by atoms with Crippen LogP contribution in [0.5, 0.6) is 0 Å². The Kier molecular flexibility index (Phi) is 5.35. The van der Waals surface area contributed by atoms with Crippen LogP contribution in [0.25, 0.3) is 11.3 Å². The molecule has 0 aliphatic carbocycles. The van der Waals surface area contributed by atoms with E-state index in [1.165, 1.54) is 11.1 Å². The van der Waals surface area contributed by atoms with E-state index in [1.54, 1.807) is 0 Å². The van der Waals surface area contributed by atoms with Crippen LogP contribution in [0.3, 0.4) is 0 Å². The van der Waals surface area contributed by atoms with Crippen LogP contribution < -0.4 is 5.32 Å². The number of nitrogens with one attached hydrogen (secondary N) is 1. The summed E-state index contributed by atoms with van der Waals surface area (Å²) in [6.07, 6.45) is 0. The van der Waals surface area contributed by atoms with Gasteiger partial charge < -0.3 is 5.32 Å². The van der Waals surface area contributed by atoms with Crippen LogP contribution in [-0.4, -0.2) is 9.97 Å². The Morgan fingerprint density at radius 2 is 1.52 bits per heavy atom. The van der Waals surface area contributed by atoms with Crippen molar-refractivity contribution in [3.05, 3.63) is 71.5 Å². The highest BCUT2D eigenvalue weighted by atomic mass is 35.5. The topological polar surface area (TPSA) is 37.8 Å². The number of hydrogen-bond acceptors (Lipinski definition) is 3. The van der Waals surface area contributed by atoms with Crippen LogP contribution in [0.4, 0.5) is 11.5 Å². The van der Waals surface area contributed by atoms with Crippen LogP contribution in [0, 0.1) is 20.8 Å². The summed E-state index contributed by atoms with van der Waals surface area (Å²) in [5.41, 5.74) is 5.53. The molecular weight excluding hydrogens is 306 g/mol. The van der Waals surface area contributed by atoms with Crippen LogP contribution in [0.15, 0.2) is 54.6 Å². The van der Waals surface area contributed by atoms with Crippen LogP contribution in [0.1, 0.15) is 17.0 Å². The van der Waals surface area contributed by atoms with Crippen molar-refractivity contribution in [2.75, 3.05) is 5.32 Å². The standard InChI is InChI=1S/C19H19N3.ClH/c1-13-7-9-16(10-8-13)18-12-19(21-15(3)20-18)22-17-6-4-5-14(2)11-17;/h4-12H,1-3H3,(H,20,21,22);1H. The lowest BCUT2D eigenvalue weighted by molar-refractivity contribution is 1.06. The van der Waals surface area contributed by atoms with E-state index < -0.39 is 0 Å². The average molecular weight is 326 g/mol. The molecule has 0 saturated carbocycles. The van der Waals surface area contributed by atoms with E-state index in [0.717, 1.165) is 28.6 Å². The Morgan fingerprint density at radius 3 is 2.22 bits per heavy atom. The number of hydrogen-bond donors (Lipinski definition) is 1. The summed E-state index contributed by atoms with van der Waals surface area (Å²) < 4.78 is 0. The van der Waals surface area contributed by atoms with Gasteiger partial charge in [-0.15, -0.1) is 12.4 Å². The molecule has 0 spiro atoms. The fourth-order valence-electron chi connectivity index (χ4n) is 2.37. The second kappa shape index (κ2) is 7.25. The molecule has 0 atom stereocenters. The van der Waals surface area contributed by atoms with Gasteiger partial charge in [0, 0.05) is 17.3 Å². The van der Waals surface area contributed by atoms with Gasteiger partial charge in [-0.1, -0.05) is 42.0 Å². The maximum atomic E-state index is 4.54. The molecule has 0 aliphatic rings. The number of rotatable bonds is 3. The molecule has 3 aromatic rings. The minimum absolute atomic E-state index is 0. The Hall–Kier alpha value is -2.39. The lowest BCUT2D eigenvalue weighted by Crippen LogP contribution is -1.99.